The highest BCUT2D eigenvalue weighted by molar-refractivity contribution is 5.81. The average Bonchev–Trinajstić information content (AvgIpc) is 3.25. The molecule has 2 aliphatic heterocycles. The summed E-state index contributed by atoms with van der Waals surface area (Å²) in [6.07, 6.45) is 9.44. The van der Waals surface area contributed by atoms with Crippen LogP contribution in [-0.2, 0) is 9.53 Å². The van der Waals surface area contributed by atoms with E-state index in [0.717, 1.165) is 63.4 Å². The summed E-state index contributed by atoms with van der Waals surface area (Å²) >= 11 is 0. The Hall–Kier alpha value is -0.870. The van der Waals surface area contributed by atoms with Crippen LogP contribution in [0.1, 0.15) is 25.7 Å². The summed E-state index contributed by atoms with van der Waals surface area (Å²) in [5, 5.41) is 0. The van der Waals surface area contributed by atoms with Crippen LogP contribution in [0.2, 0.25) is 0 Å². The zero-order valence-electron chi connectivity index (χ0n) is 12.7. The van der Waals surface area contributed by atoms with Crippen molar-refractivity contribution in [2.75, 3.05) is 39.3 Å². The van der Waals surface area contributed by atoms with Crippen LogP contribution in [0.4, 0.5) is 0 Å². The van der Waals surface area contributed by atoms with Gasteiger partial charge in [-0.25, -0.2) is 0 Å². The van der Waals surface area contributed by atoms with E-state index in [-0.39, 0.29) is 12.0 Å². The Labute approximate surface area is 127 Å². The summed E-state index contributed by atoms with van der Waals surface area (Å²) < 4.78 is 5.52. The highest BCUT2D eigenvalue weighted by atomic mass is 16.5. The number of hydrogen-bond donors (Lipinski definition) is 0. The lowest BCUT2D eigenvalue weighted by Crippen LogP contribution is -2.52. The Balaban J connectivity index is 1.25. The lowest BCUT2D eigenvalue weighted by atomic mass is 9.93. The average molecular weight is 290 g/mol. The number of carbonyl (C=O) groups is 1. The van der Waals surface area contributed by atoms with Crippen LogP contribution in [-0.4, -0.2) is 61.1 Å². The summed E-state index contributed by atoms with van der Waals surface area (Å²) in [5.41, 5.74) is 0. The van der Waals surface area contributed by atoms with E-state index in [9.17, 15) is 4.79 Å². The van der Waals surface area contributed by atoms with Crippen molar-refractivity contribution < 1.29 is 9.53 Å². The quantitative estimate of drug-likeness (QED) is 0.739. The number of piperazine rings is 1. The Morgan fingerprint density at radius 3 is 2.62 bits per heavy atom. The van der Waals surface area contributed by atoms with E-state index in [0.29, 0.717) is 0 Å². The van der Waals surface area contributed by atoms with Crippen LogP contribution < -0.4 is 0 Å². The van der Waals surface area contributed by atoms with Gasteiger partial charge in [-0.15, -0.1) is 0 Å². The van der Waals surface area contributed by atoms with Crippen molar-refractivity contribution in [2.24, 2.45) is 17.8 Å². The highest BCUT2D eigenvalue weighted by Gasteiger charge is 2.37. The van der Waals surface area contributed by atoms with Crippen LogP contribution in [0, 0.1) is 17.8 Å². The van der Waals surface area contributed by atoms with Crippen molar-refractivity contribution in [1.82, 2.24) is 9.80 Å². The molecule has 4 nitrogen and oxygen atoms in total. The third-order valence-electron chi connectivity index (χ3n) is 5.80. The van der Waals surface area contributed by atoms with Crippen molar-refractivity contribution in [3.63, 3.8) is 0 Å². The van der Waals surface area contributed by atoms with Gasteiger partial charge in [-0.05, 0) is 43.4 Å². The van der Waals surface area contributed by atoms with Gasteiger partial charge in [0.15, 0.2) is 0 Å². The molecular weight excluding hydrogens is 264 g/mol. The number of fused-ring (bicyclic) bond motifs is 2. The molecule has 2 saturated heterocycles. The molecule has 0 aromatic carbocycles. The number of nitrogens with zero attached hydrogens (tertiary/aromatic N) is 2. The third-order valence-corrected chi connectivity index (χ3v) is 5.80. The fraction of sp³-hybridized carbons (Fsp3) is 0.824. The second-order valence-electron chi connectivity index (χ2n) is 7.17. The first-order chi connectivity index (χ1) is 10.3. The van der Waals surface area contributed by atoms with Crippen LogP contribution >= 0.6 is 0 Å². The smallest absolute Gasteiger partial charge is 0.251 e. The number of rotatable bonds is 3. The van der Waals surface area contributed by atoms with Crippen LogP contribution in [0.25, 0.3) is 0 Å². The van der Waals surface area contributed by atoms with E-state index in [1.165, 1.54) is 19.4 Å². The summed E-state index contributed by atoms with van der Waals surface area (Å²) in [7, 11) is 0. The van der Waals surface area contributed by atoms with Crippen molar-refractivity contribution in [3.8, 4) is 0 Å². The molecule has 2 heterocycles. The molecule has 21 heavy (non-hydrogen) atoms. The molecule has 1 saturated carbocycles. The molecule has 0 N–H and O–H groups in total. The van der Waals surface area contributed by atoms with Gasteiger partial charge in [-0.2, -0.15) is 0 Å². The fourth-order valence-corrected chi connectivity index (χ4v) is 4.56. The van der Waals surface area contributed by atoms with E-state index in [1.807, 2.05) is 4.90 Å². The first-order valence-corrected chi connectivity index (χ1v) is 8.60. The van der Waals surface area contributed by atoms with E-state index in [1.54, 1.807) is 0 Å². The molecule has 4 unspecified atom stereocenters. The predicted molar refractivity (Wildman–Crippen MR) is 80.8 cm³/mol. The van der Waals surface area contributed by atoms with E-state index < -0.39 is 0 Å². The van der Waals surface area contributed by atoms with Crippen molar-refractivity contribution >= 4 is 5.91 Å². The van der Waals surface area contributed by atoms with Crippen LogP contribution in [0.3, 0.4) is 0 Å². The molecule has 4 rings (SSSR count). The molecular formula is C17H26N2O2. The van der Waals surface area contributed by atoms with E-state index in [4.69, 9.17) is 4.74 Å². The Bertz CT molecular complexity index is 423. The minimum absolute atomic E-state index is 0.146. The molecule has 0 aromatic rings. The number of amides is 1. The standard InChI is InChI=1S/C17H26N2O2/c20-17(16-2-1-9-21-16)19-7-5-18(6-8-19)12-15-11-13-3-4-14(15)10-13/h3-4,13-16H,1-2,5-12H2. The van der Waals surface area contributed by atoms with Gasteiger partial charge in [-0.1, -0.05) is 12.2 Å². The second-order valence-corrected chi connectivity index (χ2v) is 7.17. The maximum Gasteiger partial charge on any atom is 0.251 e. The van der Waals surface area contributed by atoms with Crippen molar-refractivity contribution in [3.05, 3.63) is 12.2 Å². The van der Waals surface area contributed by atoms with Crippen LogP contribution in [0.15, 0.2) is 12.2 Å². The first kappa shape index (κ1) is 13.8. The molecule has 2 aliphatic carbocycles. The SMILES string of the molecule is O=C(C1CCCO1)N1CCN(CC2CC3C=CC2C3)CC1. The van der Waals surface area contributed by atoms with Gasteiger partial charge in [0, 0.05) is 39.3 Å². The lowest BCUT2D eigenvalue weighted by Gasteiger charge is -2.37. The third kappa shape index (κ3) is 2.76. The van der Waals surface area contributed by atoms with Gasteiger partial charge in [0.25, 0.3) is 5.91 Å². The molecule has 0 spiro atoms. The van der Waals surface area contributed by atoms with E-state index in [2.05, 4.69) is 17.1 Å². The van der Waals surface area contributed by atoms with E-state index >= 15 is 0 Å². The van der Waals surface area contributed by atoms with Gasteiger partial charge in [-0.3, -0.25) is 9.69 Å². The van der Waals surface area contributed by atoms with Gasteiger partial charge in [0.2, 0.25) is 0 Å². The summed E-state index contributed by atoms with van der Waals surface area (Å²) in [6, 6.07) is 0. The van der Waals surface area contributed by atoms with Crippen LogP contribution in [0.5, 0.6) is 0 Å². The minimum atomic E-state index is -0.146. The molecule has 0 radical (unpaired) electrons. The zero-order valence-corrected chi connectivity index (χ0v) is 12.7. The molecule has 3 fully saturated rings. The maximum atomic E-state index is 12.3. The normalized spacial score (nSPS) is 39.3. The first-order valence-electron chi connectivity index (χ1n) is 8.60. The summed E-state index contributed by atoms with van der Waals surface area (Å²) in [6.45, 7) is 5.83. The highest BCUT2D eigenvalue weighted by Crippen LogP contribution is 2.43. The van der Waals surface area contributed by atoms with Gasteiger partial charge >= 0.3 is 0 Å². The number of hydrogen-bond acceptors (Lipinski definition) is 3. The maximum absolute atomic E-state index is 12.3. The minimum Gasteiger partial charge on any atom is -0.368 e. The second kappa shape index (κ2) is 5.73. The van der Waals surface area contributed by atoms with Gasteiger partial charge < -0.3 is 9.64 Å². The van der Waals surface area contributed by atoms with Gasteiger partial charge in [0.05, 0.1) is 0 Å². The monoisotopic (exact) mass is 290 g/mol. The molecule has 4 heteroatoms. The molecule has 4 atom stereocenters. The number of allylic oxidation sites excluding steroid dienone is 2. The Kier molecular flexibility index (Phi) is 3.76. The lowest BCUT2D eigenvalue weighted by molar-refractivity contribution is -0.142. The molecule has 4 aliphatic rings. The molecule has 116 valence electrons. The Morgan fingerprint density at radius 1 is 1.14 bits per heavy atom. The number of carbonyl (C=O) groups excluding carboxylic acids is 1. The van der Waals surface area contributed by atoms with Crippen molar-refractivity contribution in [2.45, 2.75) is 31.8 Å². The molecule has 2 bridgehead atoms. The van der Waals surface area contributed by atoms with Crippen molar-refractivity contribution in [1.29, 1.82) is 0 Å². The number of ether oxygens (including phenoxy) is 1. The topological polar surface area (TPSA) is 32.8 Å². The fourth-order valence-electron chi connectivity index (χ4n) is 4.56. The zero-order chi connectivity index (χ0) is 14.2. The summed E-state index contributed by atoms with van der Waals surface area (Å²) in [5.74, 6) is 2.79. The summed E-state index contributed by atoms with van der Waals surface area (Å²) in [4.78, 5) is 16.9. The molecule has 1 amide bonds. The van der Waals surface area contributed by atoms with Gasteiger partial charge in [0.1, 0.15) is 6.10 Å². The predicted octanol–water partition coefficient (Wildman–Crippen LogP) is 1.52. The largest absolute Gasteiger partial charge is 0.368 e. The Morgan fingerprint density at radius 2 is 2.00 bits per heavy atom. The molecule has 0 aromatic heterocycles.